The van der Waals surface area contributed by atoms with Gasteiger partial charge < -0.3 is 10.3 Å². The first-order valence-electron chi connectivity index (χ1n) is 9.46. The highest BCUT2D eigenvalue weighted by atomic mass is 35.5. The van der Waals surface area contributed by atoms with E-state index in [1.54, 1.807) is 12.3 Å². The quantitative estimate of drug-likeness (QED) is 0.346. The summed E-state index contributed by atoms with van der Waals surface area (Å²) in [5.74, 6) is 0.0442. The maximum absolute atomic E-state index is 13.4. The third-order valence-corrected chi connectivity index (χ3v) is 5.73. The number of para-hydroxylation sites is 1. The van der Waals surface area contributed by atoms with Crippen LogP contribution in [0.5, 0.6) is 0 Å². The first-order chi connectivity index (χ1) is 14.1. The highest BCUT2D eigenvalue weighted by molar-refractivity contribution is 6.42. The molecule has 0 aliphatic rings. The number of carbonyl (C=O) groups is 1. The van der Waals surface area contributed by atoms with Gasteiger partial charge in [-0.3, -0.25) is 4.79 Å². The van der Waals surface area contributed by atoms with Crippen molar-refractivity contribution in [2.45, 2.75) is 12.5 Å². The largest absolute Gasteiger partial charge is 0.360 e. The number of halogens is 2. The Labute approximate surface area is 179 Å². The molecule has 0 fully saturated rings. The van der Waals surface area contributed by atoms with Crippen molar-refractivity contribution in [1.29, 1.82) is 0 Å². The van der Waals surface area contributed by atoms with Crippen LogP contribution in [-0.2, 0) is 6.42 Å². The highest BCUT2D eigenvalue weighted by Gasteiger charge is 2.23. The molecule has 146 valence electrons. The first-order valence-corrected chi connectivity index (χ1v) is 10.2. The molecule has 2 N–H and O–H groups in total. The topological polar surface area (TPSA) is 44.9 Å². The van der Waals surface area contributed by atoms with E-state index in [0.717, 1.165) is 28.5 Å². The van der Waals surface area contributed by atoms with Crippen LogP contribution < -0.4 is 5.32 Å². The standard InChI is InChI=1S/C24H20Cl2N2O/c25-20-11-10-16(14-21(20)26)12-13-27-23(17-6-2-1-3-7-17)24(29)19-15-28-22-9-5-4-8-18(19)22/h1-11,14-15,23,27-28H,12-13H2/t23-/m1/s1. The van der Waals surface area contributed by atoms with E-state index in [0.29, 0.717) is 22.2 Å². The monoisotopic (exact) mass is 422 g/mol. The van der Waals surface area contributed by atoms with Gasteiger partial charge >= 0.3 is 0 Å². The van der Waals surface area contributed by atoms with Gasteiger partial charge in [0.15, 0.2) is 5.78 Å². The summed E-state index contributed by atoms with van der Waals surface area (Å²) in [6.45, 7) is 0.631. The van der Waals surface area contributed by atoms with Crippen molar-refractivity contribution in [3.05, 3.63) is 106 Å². The molecule has 1 atom stereocenters. The number of rotatable bonds is 7. The second-order valence-electron chi connectivity index (χ2n) is 6.91. The van der Waals surface area contributed by atoms with Crippen LogP contribution in [-0.4, -0.2) is 17.3 Å². The molecule has 4 rings (SSSR count). The zero-order valence-electron chi connectivity index (χ0n) is 15.7. The van der Waals surface area contributed by atoms with Gasteiger partial charge in [0, 0.05) is 29.2 Å². The molecule has 0 bridgehead atoms. The Balaban J connectivity index is 1.57. The van der Waals surface area contributed by atoms with Gasteiger partial charge in [0.05, 0.1) is 16.1 Å². The van der Waals surface area contributed by atoms with Gasteiger partial charge in [0.25, 0.3) is 0 Å². The predicted octanol–water partition coefficient (Wildman–Crippen LogP) is 6.23. The fourth-order valence-corrected chi connectivity index (χ4v) is 3.81. The summed E-state index contributed by atoms with van der Waals surface area (Å²) in [6.07, 6.45) is 2.53. The van der Waals surface area contributed by atoms with Crippen LogP contribution in [0.3, 0.4) is 0 Å². The van der Waals surface area contributed by atoms with Crippen molar-refractivity contribution in [2.24, 2.45) is 0 Å². The molecule has 0 aliphatic heterocycles. The van der Waals surface area contributed by atoms with Gasteiger partial charge in [0.1, 0.15) is 0 Å². The second kappa shape index (κ2) is 8.83. The van der Waals surface area contributed by atoms with Crippen molar-refractivity contribution in [1.82, 2.24) is 10.3 Å². The minimum Gasteiger partial charge on any atom is -0.360 e. The summed E-state index contributed by atoms with van der Waals surface area (Å²) in [4.78, 5) is 16.6. The molecular formula is C24H20Cl2N2O. The van der Waals surface area contributed by atoms with E-state index in [-0.39, 0.29) is 5.78 Å². The lowest BCUT2D eigenvalue weighted by molar-refractivity contribution is 0.0945. The number of carbonyl (C=O) groups excluding carboxylic acids is 1. The maximum Gasteiger partial charge on any atom is 0.186 e. The highest BCUT2D eigenvalue weighted by Crippen LogP contribution is 2.25. The summed E-state index contributed by atoms with van der Waals surface area (Å²) in [5.41, 5.74) is 3.66. The normalized spacial score (nSPS) is 12.2. The minimum atomic E-state index is -0.432. The smallest absolute Gasteiger partial charge is 0.186 e. The summed E-state index contributed by atoms with van der Waals surface area (Å²) in [5, 5.41) is 5.45. The SMILES string of the molecule is O=C(c1c[nH]c2ccccc12)[C@H](NCCc1ccc(Cl)c(Cl)c1)c1ccccc1. The summed E-state index contributed by atoms with van der Waals surface area (Å²) in [7, 11) is 0. The summed E-state index contributed by atoms with van der Waals surface area (Å²) < 4.78 is 0. The molecule has 0 unspecified atom stereocenters. The second-order valence-corrected chi connectivity index (χ2v) is 7.72. The number of hydrogen-bond donors (Lipinski definition) is 2. The Hall–Kier alpha value is -2.59. The maximum atomic E-state index is 13.4. The Kier molecular flexibility index (Phi) is 6.00. The average Bonchev–Trinajstić information content (AvgIpc) is 3.18. The van der Waals surface area contributed by atoms with Crippen LogP contribution in [0.15, 0.2) is 79.0 Å². The third kappa shape index (κ3) is 4.38. The Morgan fingerprint density at radius 3 is 2.48 bits per heavy atom. The number of hydrogen-bond acceptors (Lipinski definition) is 2. The molecule has 1 heterocycles. The third-order valence-electron chi connectivity index (χ3n) is 5.00. The number of fused-ring (bicyclic) bond motifs is 1. The number of benzene rings is 3. The van der Waals surface area contributed by atoms with Crippen molar-refractivity contribution < 1.29 is 4.79 Å². The van der Waals surface area contributed by atoms with E-state index in [2.05, 4.69) is 10.3 Å². The molecule has 1 aromatic heterocycles. The Morgan fingerprint density at radius 2 is 1.69 bits per heavy atom. The van der Waals surface area contributed by atoms with Crippen molar-refractivity contribution in [2.75, 3.05) is 6.54 Å². The van der Waals surface area contributed by atoms with Crippen molar-refractivity contribution >= 4 is 39.9 Å². The van der Waals surface area contributed by atoms with E-state index in [4.69, 9.17) is 23.2 Å². The number of aromatic nitrogens is 1. The lowest BCUT2D eigenvalue weighted by Gasteiger charge is -2.18. The summed E-state index contributed by atoms with van der Waals surface area (Å²) >= 11 is 12.1. The predicted molar refractivity (Wildman–Crippen MR) is 120 cm³/mol. The molecule has 0 aliphatic carbocycles. The van der Waals surface area contributed by atoms with Gasteiger partial charge in [-0.15, -0.1) is 0 Å². The fourth-order valence-electron chi connectivity index (χ4n) is 3.49. The van der Waals surface area contributed by atoms with E-state index in [1.165, 1.54) is 0 Å². The van der Waals surface area contributed by atoms with Gasteiger partial charge in [-0.1, -0.05) is 77.8 Å². The van der Waals surface area contributed by atoms with E-state index >= 15 is 0 Å². The Morgan fingerprint density at radius 1 is 0.931 bits per heavy atom. The number of nitrogens with one attached hydrogen (secondary N) is 2. The first kappa shape index (κ1) is 19.7. The molecule has 0 radical (unpaired) electrons. The number of H-pyrrole nitrogens is 1. The summed E-state index contributed by atoms with van der Waals surface area (Å²) in [6, 6.07) is 22.8. The number of ketones is 1. The lowest BCUT2D eigenvalue weighted by Crippen LogP contribution is -2.30. The lowest BCUT2D eigenvalue weighted by atomic mass is 9.96. The van der Waals surface area contributed by atoms with Gasteiger partial charge in [0.2, 0.25) is 0 Å². The van der Waals surface area contributed by atoms with Gasteiger partial charge in [-0.05, 0) is 35.7 Å². The van der Waals surface area contributed by atoms with Crippen molar-refractivity contribution in [3.8, 4) is 0 Å². The molecule has 0 amide bonds. The molecule has 0 saturated heterocycles. The molecule has 3 nitrogen and oxygen atoms in total. The average molecular weight is 423 g/mol. The van der Waals surface area contributed by atoms with Crippen molar-refractivity contribution in [3.63, 3.8) is 0 Å². The minimum absolute atomic E-state index is 0.0442. The molecule has 5 heteroatoms. The van der Waals surface area contributed by atoms with Crippen LogP contribution in [0.2, 0.25) is 10.0 Å². The van der Waals surface area contributed by atoms with E-state index in [9.17, 15) is 4.79 Å². The van der Waals surface area contributed by atoms with Crippen LogP contribution in [0.4, 0.5) is 0 Å². The zero-order chi connectivity index (χ0) is 20.2. The van der Waals surface area contributed by atoms with Gasteiger partial charge in [-0.2, -0.15) is 0 Å². The molecular weight excluding hydrogens is 403 g/mol. The van der Waals surface area contributed by atoms with Crippen LogP contribution in [0.1, 0.15) is 27.5 Å². The molecule has 0 saturated carbocycles. The van der Waals surface area contributed by atoms with Crippen LogP contribution >= 0.6 is 23.2 Å². The van der Waals surface area contributed by atoms with E-state index in [1.807, 2.05) is 66.7 Å². The number of aromatic amines is 1. The van der Waals surface area contributed by atoms with E-state index < -0.39 is 6.04 Å². The molecule has 4 aromatic rings. The zero-order valence-corrected chi connectivity index (χ0v) is 17.2. The fraction of sp³-hybridized carbons (Fsp3) is 0.125. The Bertz CT molecular complexity index is 1140. The van der Waals surface area contributed by atoms with Gasteiger partial charge in [-0.25, -0.2) is 0 Å². The molecule has 0 spiro atoms. The molecule has 3 aromatic carbocycles. The van der Waals surface area contributed by atoms with Crippen LogP contribution in [0.25, 0.3) is 10.9 Å². The molecule has 29 heavy (non-hydrogen) atoms. The van der Waals surface area contributed by atoms with Crippen LogP contribution in [0, 0.1) is 0 Å². The number of Topliss-reactive ketones (excluding diaryl/α,β-unsaturated/α-hetero) is 1.